The molecule has 7 heteroatoms. The predicted octanol–water partition coefficient (Wildman–Crippen LogP) is 4.68. The van der Waals surface area contributed by atoms with Gasteiger partial charge in [-0.2, -0.15) is 10.5 Å². The first kappa shape index (κ1) is 20.5. The van der Waals surface area contributed by atoms with Gasteiger partial charge in [-0.1, -0.05) is 48.0 Å². The Morgan fingerprint density at radius 2 is 1.67 bits per heavy atom. The van der Waals surface area contributed by atoms with E-state index in [1.165, 1.54) is 0 Å². The molecule has 2 rings (SSSR count). The van der Waals surface area contributed by atoms with Crippen LogP contribution in [0.5, 0.6) is 0 Å². The number of nitrogens with one attached hydrogen (secondary N) is 2. The van der Waals surface area contributed by atoms with Crippen molar-refractivity contribution in [1.82, 2.24) is 0 Å². The Hall–Kier alpha value is -2.80. The summed E-state index contributed by atoms with van der Waals surface area (Å²) in [7, 11) is 0. The van der Waals surface area contributed by atoms with Gasteiger partial charge in [-0.3, -0.25) is 10.2 Å². The van der Waals surface area contributed by atoms with E-state index in [-0.39, 0.29) is 5.04 Å². The Morgan fingerprint density at radius 3 is 2.22 bits per heavy atom. The monoisotopic (exact) mass is 396 g/mol. The van der Waals surface area contributed by atoms with Crippen molar-refractivity contribution in [3.05, 3.63) is 65.2 Å². The van der Waals surface area contributed by atoms with Crippen molar-refractivity contribution in [3.8, 4) is 12.1 Å². The normalized spacial score (nSPS) is 13.5. The Morgan fingerprint density at radius 1 is 1.07 bits per heavy atom. The van der Waals surface area contributed by atoms with Crippen LogP contribution in [0.15, 0.2) is 54.6 Å². The molecule has 3 atom stereocenters. The molecule has 0 aromatic heterocycles. The number of hydrogen-bond acceptors (Lipinski definition) is 5. The number of carbonyl (C=O) groups excluding carboxylic acids is 1. The van der Waals surface area contributed by atoms with E-state index >= 15 is 0 Å². The Labute approximate surface area is 167 Å². The van der Waals surface area contributed by atoms with Crippen LogP contribution in [0, 0.1) is 39.9 Å². The van der Waals surface area contributed by atoms with Crippen LogP contribution in [0.4, 0.5) is 5.69 Å². The molecule has 2 aromatic carbocycles. The van der Waals surface area contributed by atoms with Crippen molar-refractivity contribution in [2.24, 2.45) is 11.8 Å². The highest BCUT2D eigenvalue weighted by atomic mass is 35.5. The molecule has 5 nitrogen and oxygen atoms in total. The second-order valence-electron chi connectivity index (χ2n) is 5.68. The molecule has 1 amide bonds. The Kier molecular flexibility index (Phi) is 7.43. The zero-order valence-electron chi connectivity index (χ0n) is 14.5. The minimum atomic E-state index is -1.19. The third-order valence-corrected chi connectivity index (χ3v) is 5.12. The Balaban J connectivity index is 2.48. The van der Waals surface area contributed by atoms with Gasteiger partial charge in [0.1, 0.15) is 11.8 Å². The van der Waals surface area contributed by atoms with E-state index in [1.807, 2.05) is 12.1 Å². The topological polar surface area (TPSA) is 101 Å². The highest BCUT2D eigenvalue weighted by Gasteiger charge is 2.39. The molecule has 2 aromatic rings. The molecule has 27 heavy (non-hydrogen) atoms. The molecular weight excluding hydrogens is 380 g/mol. The molecule has 0 aliphatic rings. The molecule has 0 radical (unpaired) electrons. The quantitative estimate of drug-likeness (QED) is 0.546. The van der Waals surface area contributed by atoms with E-state index in [0.29, 0.717) is 16.3 Å². The number of hydrogen-bond donors (Lipinski definition) is 2. The molecule has 0 saturated carbocycles. The van der Waals surface area contributed by atoms with Crippen LogP contribution in [-0.2, 0) is 4.79 Å². The number of halogens is 1. The van der Waals surface area contributed by atoms with Crippen LogP contribution in [0.2, 0.25) is 5.02 Å². The minimum absolute atomic E-state index is 0.0789. The standard InChI is InChI=1S/C20H17ClN4OS/c1-27-19(24)15(11-22)18(14-9-5-6-10-17(14)21)16(12-23)20(26)25-13-7-3-2-4-8-13/h2-10,15-16,18,24H,1H3,(H,25,26)/t15?,16-,18+/m1/s1. The van der Waals surface area contributed by atoms with Crippen molar-refractivity contribution < 1.29 is 4.79 Å². The fourth-order valence-electron chi connectivity index (χ4n) is 2.77. The molecule has 0 spiro atoms. The number of nitrogens with zero attached hydrogens (tertiary/aromatic N) is 2. The van der Waals surface area contributed by atoms with E-state index < -0.39 is 23.7 Å². The fraction of sp³-hybridized carbons (Fsp3) is 0.200. The van der Waals surface area contributed by atoms with Gasteiger partial charge in [0.15, 0.2) is 0 Å². The van der Waals surface area contributed by atoms with Crippen molar-refractivity contribution in [2.45, 2.75) is 5.92 Å². The number of benzene rings is 2. The predicted molar refractivity (Wildman–Crippen MR) is 109 cm³/mol. The number of nitriles is 2. The molecule has 0 bridgehead atoms. The molecular formula is C20H17ClN4OS. The zero-order chi connectivity index (χ0) is 19.8. The number of amides is 1. The first-order valence-electron chi connectivity index (χ1n) is 8.05. The summed E-state index contributed by atoms with van der Waals surface area (Å²) in [4.78, 5) is 12.8. The zero-order valence-corrected chi connectivity index (χ0v) is 16.1. The number of thioether (sulfide) groups is 1. The molecule has 2 N–H and O–H groups in total. The summed E-state index contributed by atoms with van der Waals surface area (Å²) in [5.74, 6) is -3.56. The molecule has 0 aliphatic carbocycles. The summed E-state index contributed by atoms with van der Waals surface area (Å²) in [5.41, 5.74) is 1.05. The maximum absolute atomic E-state index is 12.8. The lowest BCUT2D eigenvalue weighted by molar-refractivity contribution is -0.119. The Bertz CT molecular complexity index is 904. The van der Waals surface area contributed by atoms with E-state index in [2.05, 4.69) is 11.4 Å². The number of carbonyl (C=O) groups is 1. The third-order valence-electron chi connectivity index (χ3n) is 4.09. The summed E-state index contributed by atoms with van der Waals surface area (Å²) in [6.45, 7) is 0. The lowest BCUT2D eigenvalue weighted by Crippen LogP contribution is -2.33. The van der Waals surface area contributed by atoms with Crippen LogP contribution in [0.3, 0.4) is 0 Å². The van der Waals surface area contributed by atoms with Crippen LogP contribution < -0.4 is 5.32 Å². The summed E-state index contributed by atoms with van der Waals surface area (Å²) in [6.07, 6.45) is 1.68. The highest BCUT2D eigenvalue weighted by molar-refractivity contribution is 8.13. The summed E-state index contributed by atoms with van der Waals surface area (Å²) in [6, 6.07) is 19.7. The first-order chi connectivity index (χ1) is 13.0. The van der Waals surface area contributed by atoms with Gasteiger partial charge in [0.05, 0.1) is 17.2 Å². The minimum Gasteiger partial charge on any atom is -0.325 e. The summed E-state index contributed by atoms with van der Waals surface area (Å²) in [5, 5.41) is 30.7. The maximum atomic E-state index is 12.8. The smallest absolute Gasteiger partial charge is 0.242 e. The molecule has 1 unspecified atom stereocenters. The lowest BCUT2D eigenvalue weighted by atomic mass is 9.77. The first-order valence-corrected chi connectivity index (χ1v) is 9.65. The second kappa shape index (κ2) is 9.78. The number of rotatable bonds is 6. The van der Waals surface area contributed by atoms with Gasteiger partial charge in [0, 0.05) is 16.6 Å². The largest absolute Gasteiger partial charge is 0.325 e. The van der Waals surface area contributed by atoms with Crippen molar-refractivity contribution in [3.63, 3.8) is 0 Å². The van der Waals surface area contributed by atoms with E-state index in [1.54, 1.807) is 54.8 Å². The van der Waals surface area contributed by atoms with Gasteiger partial charge in [0.25, 0.3) is 0 Å². The van der Waals surface area contributed by atoms with Crippen LogP contribution in [-0.4, -0.2) is 17.2 Å². The van der Waals surface area contributed by atoms with Crippen LogP contribution >= 0.6 is 23.4 Å². The van der Waals surface area contributed by atoms with Gasteiger partial charge < -0.3 is 5.32 Å². The third kappa shape index (κ3) is 4.89. The SMILES string of the molecule is CSC(=N)C(C#N)[C@H](c1ccccc1Cl)[C@@H](C#N)C(=O)Nc1ccccc1. The van der Waals surface area contributed by atoms with Gasteiger partial charge in [-0.25, -0.2) is 0 Å². The maximum Gasteiger partial charge on any atom is 0.242 e. The molecule has 0 aliphatic heterocycles. The van der Waals surface area contributed by atoms with E-state index in [9.17, 15) is 15.3 Å². The number of para-hydroxylation sites is 1. The summed E-state index contributed by atoms with van der Waals surface area (Å²) < 4.78 is 0. The lowest BCUT2D eigenvalue weighted by Gasteiger charge is -2.26. The number of anilines is 1. The van der Waals surface area contributed by atoms with Gasteiger partial charge in [0.2, 0.25) is 5.91 Å². The second-order valence-corrected chi connectivity index (χ2v) is 6.94. The van der Waals surface area contributed by atoms with Crippen LogP contribution in [0.25, 0.3) is 0 Å². The van der Waals surface area contributed by atoms with Gasteiger partial charge in [-0.15, -0.1) is 11.8 Å². The molecule has 0 heterocycles. The molecule has 0 fully saturated rings. The van der Waals surface area contributed by atoms with Gasteiger partial charge >= 0.3 is 0 Å². The van der Waals surface area contributed by atoms with Crippen molar-refractivity contribution >= 4 is 40.0 Å². The average molecular weight is 397 g/mol. The van der Waals surface area contributed by atoms with Gasteiger partial charge in [-0.05, 0) is 30.0 Å². The summed E-state index contributed by atoms with van der Waals surface area (Å²) >= 11 is 7.41. The van der Waals surface area contributed by atoms with Crippen molar-refractivity contribution in [2.75, 3.05) is 11.6 Å². The van der Waals surface area contributed by atoms with Crippen LogP contribution in [0.1, 0.15) is 11.5 Å². The molecule has 136 valence electrons. The molecule has 0 saturated heterocycles. The van der Waals surface area contributed by atoms with Crippen molar-refractivity contribution in [1.29, 1.82) is 15.9 Å². The van der Waals surface area contributed by atoms with E-state index in [4.69, 9.17) is 17.0 Å². The van der Waals surface area contributed by atoms with E-state index in [0.717, 1.165) is 11.8 Å². The average Bonchev–Trinajstić information content (AvgIpc) is 2.69. The fourth-order valence-corrected chi connectivity index (χ4v) is 3.48. The highest BCUT2D eigenvalue weighted by Crippen LogP contribution is 2.38.